The molecule has 4 heterocycles. The molecule has 1 saturated carbocycles. The van der Waals surface area contributed by atoms with Gasteiger partial charge in [-0.2, -0.15) is 13.2 Å². The average molecular weight is 439 g/mol. The lowest BCUT2D eigenvalue weighted by Crippen LogP contribution is -2.48. The van der Waals surface area contributed by atoms with Crippen LogP contribution in [0.1, 0.15) is 28.9 Å². The van der Waals surface area contributed by atoms with E-state index in [9.17, 15) is 18.0 Å². The number of likely N-dealkylation sites (tertiary alicyclic amines) is 1. The van der Waals surface area contributed by atoms with Crippen LogP contribution in [0.5, 0.6) is 0 Å². The zero-order valence-corrected chi connectivity index (χ0v) is 17.0. The molecule has 6 nitrogen and oxygen atoms in total. The zero-order chi connectivity index (χ0) is 22.3. The Morgan fingerprint density at radius 1 is 1.00 bits per heavy atom. The first kappa shape index (κ1) is 20.4. The number of piperidine rings is 1. The summed E-state index contributed by atoms with van der Waals surface area (Å²) in [5, 5.41) is 3.23. The minimum absolute atomic E-state index is 0.0739. The van der Waals surface area contributed by atoms with Crippen molar-refractivity contribution in [3.63, 3.8) is 0 Å². The Balaban J connectivity index is 1.35. The molecule has 9 heteroatoms. The van der Waals surface area contributed by atoms with Gasteiger partial charge in [-0.1, -0.05) is 6.07 Å². The fourth-order valence-corrected chi connectivity index (χ4v) is 4.69. The van der Waals surface area contributed by atoms with Crippen molar-refractivity contribution in [2.45, 2.75) is 31.1 Å². The van der Waals surface area contributed by atoms with Crippen LogP contribution >= 0.6 is 0 Å². The van der Waals surface area contributed by atoms with Crippen LogP contribution in [0.25, 0.3) is 11.3 Å². The second kappa shape index (κ2) is 7.89. The van der Waals surface area contributed by atoms with Crippen molar-refractivity contribution in [3.8, 4) is 11.3 Å². The van der Waals surface area contributed by atoms with Crippen LogP contribution in [-0.4, -0.2) is 44.4 Å². The number of hydrogen-bond donors (Lipinski definition) is 1. The fourth-order valence-electron chi connectivity index (χ4n) is 4.69. The fraction of sp³-hybridized carbons (Fsp3) is 0.304. The highest BCUT2D eigenvalue weighted by Crippen LogP contribution is 2.40. The summed E-state index contributed by atoms with van der Waals surface area (Å²) in [5.41, 5.74) is 0.918. The van der Waals surface area contributed by atoms with Crippen LogP contribution in [0.3, 0.4) is 0 Å². The van der Waals surface area contributed by atoms with Gasteiger partial charge >= 0.3 is 6.18 Å². The molecule has 1 N–H and O–H groups in total. The molecule has 0 radical (unpaired) electrons. The summed E-state index contributed by atoms with van der Waals surface area (Å²) in [7, 11) is 0. The van der Waals surface area contributed by atoms with Crippen LogP contribution in [0.15, 0.2) is 61.1 Å². The molecule has 0 aromatic carbocycles. The predicted octanol–water partition coefficient (Wildman–Crippen LogP) is 4.27. The van der Waals surface area contributed by atoms with Gasteiger partial charge in [0, 0.05) is 36.7 Å². The molecule has 2 bridgehead atoms. The SMILES string of the molecule is O=C(c1ncccc1-c1ccccn1)N1C[C@@H]2C[C@@H](Nc3ccc(C(F)(F)F)cn3)[C@@H]1C2. The molecule has 1 aliphatic carbocycles. The maximum Gasteiger partial charge on any atom is 0.417 e. The van der Waals surface area contributed by atoms with Gasteiger partial charge in [-0.25, -0.2) is 4.98 Å². The Morgan fingerprint density at radius 2 is 1.84 bits per heavy atom. The first-order valence-electron chi connectivity index (χ1n) is 10.4. The van der Waals surface area contributed by atoms with E-state index in [4.69, 9.17) is 0 Å². The number of anilines is 1. The van der Waals surface area contributed by atoms with E-state index in [2.05, 4.69) is 20.3 Å². The number of alkyl halides is 3. The van der Waals surface area contributed by atoms with Crippen molar-refractivity contribution in [3.05, 3.63) is 72.3 Å². The third-order valence-electron chi connectivity index (χ3n) is 6.12. The summed E-state index contributed by atoms with van der Waals surface area (Å²) >= 11 is 0. The van der Waals surface area contributed by atoms with Crippen molar-refractivity contribution >= 4 is 11.7 Å². The van der Waals surface area contributed by atoms with Crippen molar-refractivity contribution in [1.29, 1.82) is 0 Å². The van der Waals surface area contributed by atoms with Crippen molar-refractivity contribution in [2.24, 2.45) is 5.92 Å². The number of aromatic nitrogens is 3. The second-order valence-corrected chi connectivity index (χ2v) is 8.16. The summed E-state index contributed by atoms with van der Waals surface area (Å²) in [4.78, 5) is 27.9. The van der Waals surface area contributed by atoms with Crippen LogP contribution < -0.4 is 5.32 Å². The molecule has 164 valence electrons. The molecule has 1 aliphatic heterocycles. The van der Waals surface area contributed by atoms with E-state index < -0.39 is 11.7 Å². The number of nitrogens with one attached hydrogen (secondary N) is 1. The summed E-state index contributed by atoms with van der Waals surface area (Å²) < 4.78 is 38.4. The van der Waals surface area contributed by atoms with Crippen LogP contribution in [0.2, 0.25) is 0 Å². The maximum absolute atomic E-state index is 13.5. The van der Waals surface area contributed by atoms with Gasteiger partial charge in [0.25, 0.3) is 5.91 Å². The number of fused-ring (bicyclic) bond motifs is 2. The van der Waals surface area contributed by atoms with Gasteiger partial charge in [0.1, 0.15) is 11.5 Å². The Kier molecular flexibility index (Phi) is 5.03. The van der Waals surface area contributed by atoms with Crippen LogP contribution in [0, 0.1) is 5.92 Å². The van der Waals surface area contributed by atoms with Crippen LogP contribution in [0.4, 0.5) is 19.0 Å². The van der Waals surface area contributed by atoms with Gasteiger partial charge in [-0.15, -0.1) is 0 Å². The largest absolute Gasteiger partial charge is 0.417 e. The molecule has 3 aromatic heterocycles. The van der Waals surface area contributed by atoms with Crippen molar-refractivity contribution in [1.82, 2.24) is 19.9 Å². The van der Waals surface area contributed by atoms with E-state index in [1.807, 2.05) is 29.2 Å². The predicted molar refractivity (Wildman–Crippen MR) is 112 cm³/mol. The Labute approximate surface area is 182 Å². The first-order valence-corrected chi connectivity index (χ1v) is 10.4. The number of carbonyl (C=O) groups is 1. The van der Waals surface area contributed by atoms with Crippen molar-refractivity contribution in [2.75, 3.05) is 11.9 Å². The molecule has 1 amide bonds. The number of carbonyl (C=O) groups excluding carboxylic acids is 1. The molecule has 0 unspecified atom stereocenters. The smallest absolute Gasteiger partial charge is 0.365 e. The van der Waals surface area contributed by atoms with Gasteiger partial charge < -0.3 is 10.2 Å². The van der Waals surface area contributed by atoms with Gasteiger partial charge in [0.2, 0.25) is 0 Å². The maximum atomic E-state index is 13.5. The number of pyridine rings is 3. The topological polar surface area (TPSA) is 71.0 Å². The minimum Gasteiger partial charge on any atom is -0.365 e. The highest BCUT2D eigenvalue weighted by molar-refractivity contribution is 5.99. The lowest BCUT2D eigenvalue weighted by molar-refractivity contribution is -0.137. The summed E-state index contributed by atoms with van der Waals surface area (Å²) in [5.74, 6) is 0.540. The molecule has 0 spiro atoms. The zero-order valence-electron chi connectivity index (χ0n) is 17.0. The summed E-state index contributed by atoms with van der Waals surface area (Å²) in [6, 6.07) is 11.3. The third kappa shape index (κ3) is 3.79. The molecule has 5 rings (SSSR count). The molecule has 3 aromatic rings. The molecule has 1 saturated heterocycles. The summed E-state index contributed by atoms with van der Waals surface area (Å²) in [6.07, 6.45) is 1.35. The normalized spacial score (nSPS) is 22.2. The Hall–Kier alpha value is -3.49. The van der Waals surface area contributed by atoms with Gasteiger partial charge in [0.05, 0.1) is 17.3 Å². The molecule has 2 aliphatic rings. The molecule has 3 atom stereocenters. The lowest BCUT2D eigenvalue weighted by atomic mass is 10.0. The average Bonchev–Trinajstić information content (AvgIpc) is 3.40. The van der Waals surface area contributed by atoms with Crippen molar-refractivity contribution < 1.29 is 18.0 Å². The molecule has 2 fully saturated rings. The Bertz CT molecular complexity index is 1120. The molecule has 32 heavy (non-hydrogen) atoms. The van der Waals surface area contributed by atoms with Gasteiger partial charge in [0.15, 0.2) is 0 Å². The second-order valence-electron chi connectivity index (χ2n) is 8.16. The van der Waals surface area contributed by atoms with E-state index in [0.717, 1.165) is 25.1 Å². The number of amides is 1. The highest BCUT2D eigenvalue weighted by Gasteiger charge is 2.47. The lowest BCUT2D eigenvalue weighted by Gasteiger charge is -2.34. The van der Waals surface area contributed by atoms with E-state index in [1.54, 1.807) is 18.5 Å². The number of halogens is 3. The monoisotopic (exact) mass is 439 g/mol. The third-order valence-corrected chi connectivity index (χ3v) is 6.12. The number of hydrogen-bond acceptors (Lipinski definition) is 5. The molecular weight excluding hydrogens is 419 g/mol. The summed E-state index contributed by atoms with van der Waals surface area (Å²) in [6.45, 7) is 0.639. The first-order chi connectivity index (χ1) is 15.4. The van der Waals surface area contributed by atoms with Gasteiger partial charge in [-0.05, 0) is 55.2 Å². The van der Waals surface area contributed by atoms with E-state index in [-0.39, 0.29) is 18.0 Å². The quantitative estimate of drug-likeness (QED) is 0.657. The Morgan fingerprint density at radius 3 is 2.53 bits per heavy atom. The van der Waals surface area contributed by atoms with Crippen LogP contribution in [-0.2, 0) is 6.18 Å². The van der Waals surface area contributed by atoms with E-state index >= 15 is 0 Å². The van der Waals surface area contributed by atoms with E-state index in [0.29, 0.717) is 35.2 Å². The highest BCUT2D eigenvalue weighted by atomic mass is 19.4. The standard InChI is InChI=1S/C23H20F3N5O/c24-23(25,26)15-6-7-20(29-12-15)30-18-10-14-11-19(18)31(13-14)22(32)21-16(4-3-9-28-21)17-5-1-2-8-27-17/h1-9,12,14,18-19H,10-11,13H2,(H,29,30)/t14-,18-,19+/m1/s1. The molecular formula is C23H20F3N5O. The van der Waals surface area contributed by atoms with E-state index in [1.165, 1.54) is 6.07 Å². The number of nitrogens with zero attached hydrogens (tertiary/aromatic N) is 4. The minimum atomic E-state index is -4.42. The number of rotatable bonds is 4. The van der Waals surface area contributed by atoms with Gasteiger partial charge in [-0.3, -0.25) is 14.8 Å².